The largest absolute Gasteiger partial charge is 0.339 e. The molecule has 3 rings (SSSR count). The van der Waals surface area contributed by atoms with Gasteiger partial charge < -0.3 is 4.90 Å². The van der Waals surface area contributed by atoms with Crippen LogP contribution in [0.5, 0.6) is 0 Å². The summed E-state index contributed by atoms with van der Waals surface area (Å²) in [6.07, 6.45) is 1.46. The van der Waals surface area contributed by atoms with E-state index in [0.717, 1.165) is 5.69 Å². The minimum Gasteiger partial charge on any atom is -0.339 e. The fourth-order valence-electron chi connectivity index (χ4n) is 2.38. The number of nitro groups is 1. The van der Waals surface area contributed by atoms with Gasteiger partial charge in [-0.15, -0.1) is 0 Å². The molecule has 0 bridgehead atoms. The van der Waals surface area contributed by atoms with Gasteiger partial charge >= 0.3 is 0 Å². The zero-order valence-corrected chi connectivity index (χ0v) is 15.3. The Kier molecular flexibility index (Phi) is 5.05. The highest BCUT2D eigenvalue weighted by molar-refractivity contribution is 7.72. The zero-order valence-electron chi connectivity index (χ0n) is 13.6. The van der Waals surface area contributed by atoms with Crippen molar-refractivity contribution in [2.45, 2.75) is 0 Å². The molecule has 0 aliphatic carbocycles. The normalized spacial score (nSPS) is 11.0. The lowest BCUT2D eigenvalue weighted by Gasteiger charge is -2.19. The highest BCUT2D eigenvalue weighted by Gasteiger charge is 2.18. The van der Waals surface area contributed by atoms with E-state index in [0.29, 0.717) is 20.8 Å². The summed E-state index contributed by atoms with van der Waals surface area (Å²) in [5.41, 5.74) is 1.86. The molecule has 2 N–H and O–H groups in total. The van der Waals surface area contributed by atoms with Gasteiger partial charge in [-0.3, -0.25) is 20.3 Å². The molecule has 0 amide bonds. The number of aromatic amines is 2. The van der Waals surface area contributed by atoms with E-state index in [9.17, 15) is 10.1 Å². The molecule has 0 radical (unpaired) electrons. The van der Waals surface area contributed by atoms with Crippen molar-refractivity contribution in [2.75, 3.05) is 11.9 Å². The molecule has 132 valence electrons. The standard InChI is InChI=1S/C16H14N6O2S2/c1-20(12-5-3-2-4-6-12)13-8-7-11(9-14(13)22(23)24)10-17-21-15(25)18-19-16(21)26/h2-10H,1H3,(H,18,25)(H,19,26)/b17-10-. The second-order valence-electron chi connectivity index (χ2n) is 5.32. The average molecular weight is 386 g/mol. The lowest BCUT2D eigenvalue weighted by Crippen LogP contribution is -2.11. The number of rotatable bonds is 5. The topological polar surface area (TPSA) is 95.2 Å². The molecule has 0 aliphatic rings. The van der Waals surface area contributed by atoms with Crippen molar-refractivity contribution >= 4 is 47.7 Å². The Morgan fingerprint density at radius 3 is 2.42 bits per heavy atom. The second-order valence-corrected chi connectivity index (χ2v) is 6.09. The third-order valence-corrected chi connectivity index (χ3v) is 4.23. The predicted octanol–water partition coefficient (Wildman–Crippen LogP) is 4.16. The minimum absolute atomic E-state index is 0.0249. The number of benzene rings is 2. The molecule has 1 aromatic heterocycles. The summed E-state index contributed by atoms with van der Waals surface area (Å²) in [7, 11) is 1.78. The Labute approximate surface area is 158 Å². The van der Waals surface area contributed by atoms with E-state index in [-0.39, 0.29) is 5.69 Å². The Morgan fingerprint density at radius 1 is 1.15 bits per heavy atom. The van der Waals surface area contributed by atoms with Crippen LogP contribution in [0.1, 0.15) is 5.56 Å². The molecule has 0 aliphatic heterocycles. The van der Waals surface area contributed by atoms with Crippen molar-refractivity contribution in [1.82, 2.24) is 14.9 Å². The number of nitro benzene ring substituents is 1. The monoisotopic (exact) mass is 386 g/mol. The van der Waals surface area contributed by atoms with Crippen molar-refractivity contribution in [3.8, 4) is 0 Å². The SMILES string of the molecule is CN(c1ccccc1)c1ccc(/C=N\n2c(=S)[nH][nH]c2=S)cc1[N+](=O)[O-]. The van der Waals surface area contributed by atoms with E-state index in [1.54, 1.807) is 24.1 Å². The molecular formula is C16H14N6O2S2. The molecular weight excluding hydrogens is 372 g/mol. The summed E-state index contributed by atoms with van der Waals surface area (Å²) >= 11 is 10.1. The first-order chi connectivity index (χ1) is 12.5. The highest BCUT2D eigenvalue weighted by atomic mass is 32.1. The molecule has 0 unspecified atom stereocenters. The summed E-state index contributed by atoms with van der Waals surface area (Å²) in [4.78, 5) is 12.9. The maximum Gasteiger partial charge on any atom is 0.293 e. The first-order valence-electron chi connectivity index (χ1n) is 7.48. The average Bonchev–Trinajstić information content (AvgIpc) is 2.97. The van der Waals surface area contributed by atoms with Crippen molar-refractivity contribution < 1.29 is 4.92 Å². The van der Waals surface area contributed by atoms with Gasteiger partial charge in [0.15, 0.2) is 0 Å². The number of para-hydroxylation sites is 1. The molecule has 26 heavy (non-hydrogen) atoms. The van der Waals surface area contributed by atoms with Crippen LogP contribution >= 0.6 is 24.4 Å². The lowest BCUT2D eigenvalue weighted by atomic mass is 10.1. The maximum absolute atomic E-state index is 11.5. The van der Waals surface area contributed by atoms with E-state index < -0.39 is 4.92 Å². The van der Waals surface area contributed by atoms with Crippen LogP contribution < -0.4 is 4.90 Å². The molecule has 1 heterocycles. The first-order valence-corrected chi connectivity index (χ1v) is 8.30. The van der Waals surface area contributed by atoms with Gasteiger partial charge in [-0.1, -0.05) is 24.3 Å². The molecule has 0 saturated heterocycles. The van der Waals surface area contributed by atoms with Gasteiger partial charge in [0.25, 0.3) is 5.69 Å². The molecule has 2 aromatic carbocycles. The van der Waals surface area contributed by atoms with E-state index in [2.05, 4.69) is 15.3 Å². The third kappa shape index (κ3) is 3.60. The van der Waals surface area contributed by atoms with E-state index in [1.165, 1.54) is 17.0 Å². The van der Waals surface area contributed by atoms with Crippen LogP contribution in [0.3, 0.4) is 0 Å². The fraction of sp³-hybridized carbons (Fsp3) is 0.0625. The third-order valence-electron chi connectivity index (χ3n) is 3.68. The van der Waals surface area contributed by atoms with Gasteiger partial charge in [-0.2, -0.15) is 9.78 Å². The highest BCUT2D eigenvalue weighted by Crippen LogP contribution is 2.32. The van der Waals surface area contributed by atoms with Crippen LogP contribution in [0.25, 0.3) is 0 Å². The molecule has 0 spiro atoms. The van der Waals surface area contributed by atoms with Gasteiger partial charge in [0.2, 0.25) is 9.54 Å². The predicted molar refractivity (Wildman–Crippen MR) is 105 cm³/mol. The van der Waals surface area contributed by atoms with Gasteiger partial charge in [-0.05, 0) is 42.6 Å². The minimum atomic E-state index is -0.416. The number of hydrogen-bond donors (Lipinski definition) is 2. The van der Waals surface area contributed by atoms with Crippen molar-refractivity contribution in [3.05, 3.63) is 73.8 Å². The Bertz CT molecular complexity index is 1060. The molecule has 8 nitrogen and oxygen atoms in total. The maximum atomic E-state index is 11.5. The van der Waals surface area contributed by atoms with Gasteiger partial charge in [0, 0.05) is 24.4 Å². The number of anilines is 2. The van der Waals surface area contributed by atoms with Crippen LogP contribution in [-0.4, -0.2) is 33.1 Å². The molecule has 3 aromatic rings. The Balaban J connectivity index is 1.99. The van der Waals surface area contributed by atoms with E-state index in [4.69, 9.17) is 24.4 Å². The van der Waals surface area contributed by atoms with E-state index in [1.807, 2.05) is 30.3 Å². The fourth-order valence-corrected chi connectivity index (χ4v) is 2.81. The smallest absolute Gasteiger partial charge is 0.293 e. The number of hydrogen-bond acceptors (Lipinski definition) is 6. The van der Waals surface area contributed by atoms with Crippen LogP contribution in [0, 0.1) is 19.7 Å². The van der Waals surface area contributed by atoms with Crippen LogP contribution in [0.4, 0.5) is 17.1 Å². The summed E-state index contributed by atoms with van der Waals surface area (Å²) in [5.74, 6) is 0. The van der Waals surface area contributed by atoms with Crippen LogP contribution in [-0.2, 0) is 0 Å². The van der Waals surface area contributed by atoms with E-state index >= 15 is 0 Å². The molecule has 10 heteroatoms. The summed E-state index contributed by atoms with van der Waals surface area (Å²) in [5, 5.41) is 21.0. The quantitative estimate of drug-likeness (QED) is 0.297. The number of aromatic nitrogens is 3. The summed E-state index contributed by atoms with van der Waals surface area (Å²) in [6, 6.07) is 14.3. The number of nitrogens with one attached hydrogen (secondary N) is 2. The Hall–Kier alpha value is -3.11. The van der Waals surface area contributed by atoms with Crippen LogP contribution in [0.15, 0.2) is 53.6 Å². The van der Waals surface area contributed by atoms with Crippen molar-refractivity contribution in [3.63, 3.8) is 0 Å². The second kappa shape index (κ2) is 7.42. The molecule has 0 atom stereocenters. The van der Waals surface area contributed by atoms with Crippen LogP contribution in [0.2, 0.25) is 0 Å². The number of nitrogens with zero attached hydrogens (tertiary/aromatic N) is 4. The van der Waals surface area contributed by atoms with Gasteiger partial charge in [0.05, 0.1) is 11.1 Å². The first kappa shape index (κ1) is 17.7. The molecule has 0 saturated carbocycles. The number of H-pyrrole nitrogens is 2. The van der Waals surface area contributed by atoms with Crippen molar-refractivity contribution in [2.24, 2.45) is 5.10 Å². The lowest BCUT2D eigenvalue weighted by molar-refractivity contribution is -0.384. The summed E-state index contributed by atoms with van der Waals surface area (Å²) in [6.45, 7) is 0. The zero-order chi connectivity index (χ0) is 18.7. The molecule has 0 fully saturated rings. The Morgan fingerprint density at radius 2 is 1.81 bits per heavy atom. The summed E-state index contributed by atoms with van der Waals surface area (Å²) < 4.78 is 1.93. The van der Waals surface area contributed by atoms with Gasteiger partial charge in [-0.25, -0.2) is 0 Å². The van der Waals surface area contributed by atoms with Crippen molar-refractivity contribution in [1.29, 1.82) is 0 Å². The van der Waals surface area contributed by atoms with Gasteiger partial charge in [0.1, 0.15) is 5.69 Å².